The fourth-order valence-corrected chi connectivity index (χ4v) is 4.96. The van der Waals surface area contributed by atoms with Crippen molar-refractivity contribution < 1.29 is 40.7 Å². The number of carbonyl (C=O) groups is 2. The average molecular weight is 526 g/mol. The number of halogens is 6. The van der Waals surface area contributed by atoms with Gasteiger partial charge in [0.1, 0.15) is 0 Å². The summed E-state index contributed by atoms with van der Waals surface area (Å²) in [6.45, 7) is 3.94. The van der Waals surface area contributed by atoms with Crippen molar-refractivity contribution >= 4 is 23.2 Å². The largest absolute Gasteiger partial charge is 0.416 e. The van der Waals surface area contributed by atoms with Crippen LogP contribution in [0.4, 0.5) is 37.7 Å². The Morgan fingerprint density at radius 3 is 2.11 bits per heavy atom. The van der Waals surface area contributed by atoms with Crippen molar-refractivity contribution in [1.29, 1.82) is 0 Å². The van der Waals surface area contributed by atoms with Crippen LogP contribution in [0.15, 0.2) is 48.0 Å². The molecule has 1 fully saturated rings. The lowest BCUT2D eigenvalue weighted by Gasteiger charge is -2.33. The number of carbonyl (C=O) groups excluding carboxylic acids is 2. The Bertz CT molecular complexity index is 1220. The SMILES string of the molecule is Cc1cccc(C)c1N1CC(C(=O)Nc2cc(C(F)(F)F)cc(C(F)(F)F)c2)(C2=CCOCC2)CC1=O. The zero-order chi connectivity index (χ0) is 27.2. The van der Waals surface area contributed by atoms with Crippen LogP contribution in [-0.2, 0) is 26.7 Å². The number of amides is 2. The number of alkyl halides is 6. The van der Waals surface area contributed by atoms with Crippen LogP contribution in [0.5, 0.6) is 0 Å². The standard InChI is InChI=1S/C26H24F6N2O3/c1-15-4-3-5-16(2)22(15)34-14-24(13-21(34)35,17-6-8-37-9-7-17)23(36)33-20-11-18(25(27,28)29)10-19(12-20)26(30,31)32/h3-6,10-12H,7-9,13-14H2,1-2H3,(H,33,36). The highest BCUT2D eigenvalue weighted by Gasteiger charge is 2.52. The summed E-state index contributed by atoms with van der Waals surface area (Å²) >= 11 is 0. The van der Waals surface area contributed by atoms with Gasteiger partial charge in [0.25, 0.3) is 0 Å². The summed E-state index contributed by atoms with van der Waals surface area (Å²) in [4.78, 5) is 28.4. The fraction of sp³-hybridized carbons (Fsp3) is 0.385. The molecule has 2 amide bonds. The van der Waals surface area contributed by atoms with Gasteiger partial charge in [0.2, 0.25) is 11.8 Å². The maximum absolute atomic E-state index is 13.7. The van der Waals surface area contributed by atoms with Crippen molar-refractivity contribution in [3.8, 4) is 0 Å². The summed E-state index contributed by atoms with van der Waals surface area (Å²) in [5.41, 5.74) is -2.49. The minimum atomic E-state index is -5.07. The number of hydrogen-bond donors (Lipinski definition) is 1. The molecule has 11 heteroatoms. The van der Waals surface area contributed by atoms with Crippen LogP contribution >= 0.6 is 0 Å². The summed E-state index contributed by atoms with van der Waals surface area (Å²) in [7, 11) is 0. The van der Waals surface area contributed by atoms with E-state index in [9.17, 15) is 35.9 Å². The van der Waals surface area contributed by atoms with Crippen LogP contribution < -0.4 is 10.2 Å². The Labute approximate surface area is 209 Å². The van der Waals surface area contributed by atoms with Gasteiger partial charge in [-0.05, 0) is 49.6 Å². The van der Waals surface area contributed by atoms with Gasteiger partial charge < -0.3 is 15.0 Å². The number of ether oxygens (including phenoxy) is 1. The van der Waals surface area contributed by atoms with E-state index in [2.05, 4.69) is 5.32 Å². The second kappa shape index (κ2) is 9.51. The molecule has 37 heavy (non-hydrogen) atoms. The first-order valence-electron chi connectivity index (χ1n) is 11.5. The molecule has 4 rings (SSSR count). The number of nitrogens with zero attached hydrogens (tertiary/aromatic N) is 1. The molecule has 0 bridgehead atoms. The molecule has 0 aliphatic carbocycles. The quantitative estimate of drug-likeness (QED) is 0.390. The Morgan fingerprint density at radius 1 is 1.00 bits per heavy atom. The maximum Gasteiger partial charge on any atom is 0.416 e. The number of nitrogens with one attached hydrogen (secondary N) is 1. The van der Waals surface area contributed by atoms with Crippen LogP contribution in [0, 0.1) is 19.3 Å². The van der Waals surface area contributed by atoms with Crippen molar-refractivity contribution in [3.05, 3.63) is 70.3 Å². The lowest BCUT2D eigenvalue weighted by atomic mass is 9.76. The second-order valence-corrected chi connectivity index (χ2v) is 9.28. The molecule has 2 aliphatic heterocycles. The van der Waals surface area contributed by atoms with Gasteiger partial charge in [0, 0.05) is 24.3 Å². The van der Waals surface area contributed by atoms with Gasteiger partial charge in [-0.1, -0.05) is 29.8 Å². The third-order valence-corrected chi connectivity index (χ3v) is 6.75. The molecule has 198 valence electrons. The second-order valence-electron chi connectivity index (χ2n) is 9.28. The summed E-state index contributed by atoms with van der Waals surface area (Å²) in [5.74, 6) is -1.23. The zero-order valence-electron chi connectivity index (χ0n) is 20.0. The highest BCUT2D eigenvalue weighted by atomic mass is 19.4. The van der Waals surface area contributed by atoms with E-state index in [0.717, 1.165) is 11.1 Å². The van der Waals surface area contributed by atoms with E-state index in [1.54, 1.807) is 6.08 Å². The minimum Gasteiger partial charge on any atom is -0.377 e. The summed E-state index contributed by atoms with van der Waals surface area (Å²) in [6, 6.07) is 6.35. The Balaban J connectivity index is 1.77. The van der Waals surface area contributed by atoms with Crippen molar-refractivity contribution in [2.45, 2.75) is 39.0 Å². The number of hydrogen-bond acceptors (Lipinski definition) is 3. The van der Waals surface area contributed by atoms with Gasteiger partial charge in [-0.25, -0.2) is 0 Å². The van der Waals surface area contributed by atoms with Crippen LogP contribution in [0.1, 0.15) is 35.1 Å². The Morgan fingerprint density at radius 2 is 1.59 bits per heavy atom. The maximum atomic E-state index is 13.7. The molecular formula is C26H24F6N2O3. The van der Waals surface area contributed by atoms with Crippen molar-refractivity contribution in [2.24, 2.45) is 5.41 Å². The van der Waals surface area contributed by atoms with E-state index in [4.69, 9.17) is 4.74 Å². The zero-order valence-corrected chi connectivity index (χ0v) is 20.0. The van der Waals surface area contributed by atoms with Crippen LogP contribution in [0.3, 0.4) is 0 Å². The van der Waals surface area contributed by atoms with Gasteiger partial charge in [-0.2, -0.15) is 26.3 Å². The van der Waals surface area contributed by atoms with Gasteiger partial charge in [-0.15, -0.1) is 0 Å². The Hall–Kier alpha value is -3.34. The number of rotatable bonds is 4. The number of aryl methyl sites for hydroxylation is 2. The molecule has 2 aromatic rings. The average Bonchev–Trinajstić information content (AvgIpc) is 3.16. The van der Waals surface area contributed by atoms with E-state index < -0.39 is 40.5 Å². The molecule has 2 aliphatic rings. The first kappa shape index (κ1) is 26.7. The molecule has 1 atom stereocenters. The van der Waals surface area contributed by atoms with Gasteiger partial charge >= 0.3 is 12.4 Å². The highest BCUT2D eigenvalue weighted by Crippen LogP contribution is 2.45. The molecule has 1 unspecified atom stereocenters. The van der Waals surface area contributed by atoms with Crippen molar-refractivity contribution in [2.75, 3.05) is 30.0 Å². The number of anilines is 2. The summed E-state index contributed by atoms with van der Waals surface area (Å²) in [5, 5.41) is 2.27. The van der Waals surface area contributed by atoms with Gasteiger partial charge in [0.15, 0.2) is 0 Å². The van der Waals surface area contributed by atoms with Gasteiger partial charge in [-0.3, -0.25) is 9.59 Å². The molecule has 5 nitrogen and oxygen atoms in total. The summed E-state index contributed by atoms with van der Waals surface area (Å²) < 4.78 is 85.4. The number of benzene rings is 2. The lowest BCUT2D eigenvalue weighted by molar-refractivity contribution is -0.143. The first-order chi connectivity index (χ1) is 17.2. The van der Waals surface area contributed by atoms with Crippen molar-refractivity contribution in [1.82, 2.24) is 0 Å². The summed E-state index contributed by atoms with van der Waals surface area (Å²) in [6.07, 6.45) is -8.48. The van der Waals surface area contributed by atoms with Crippen LogP contribution in [0.2, 0.25) is 0 Å². The molecule has 2 heterocycles. The van der Waals surface area contributed by atoms with Crippen molar-refractivity contribution in [3.63, 3.8) is 0 Å². The lowest BCUT2D eigenvalue weighted by Crippen LogP contribution is -2.42. The predicted octanol–water partition coefficient (Wildman–Crippen LogP) is 6.05. The molecule has 0 saturated carbocycles. The van der Waals surface area contributed by atoms with E-state index in [1.807, 2.05) is 32.0 Å². The van der Waals surface area contributed by atoms with Crippen LogP contribution in [0.25, 0.3) is 0 Å². The number of para-hydroxylation sites is 1. The molecule has 0 aromatic heterocycles. The van der Waals surface area contributed by atoms with E-state index in [1.165, 1.54) is 4.90 Å². The molecule has 0 radical (unpaired) electrons. The van der Waals surface area contributed by atoms with E-state index in [-0.39, 0.29) is 44.6 Å². The third-order valence-electron chi connectivity index (χ3n) is 6.75. The smallest absolute Gasteiger partial charge is 0.377 e. The fourth-order valence-electron chi connectivity index (χ4n) is 4.96. The monoisotopic (exact) mass is 526 g/mol. The molecule has 2 aromatic carbocycles. The van der Waals surface area contributed by atoms with Crippen LogP contribution in [-0.4, -0.2) is 31.6 Å². The normalized spacial score (nSPS) is 20.7. The van der Waals surface area contributed by atoms with E-state index in [0.29, 0.717) is 23.4 Å². The molecular weight excluding hydrogens is 502 g/mol. The highest BCUT2D eigenvalue weighted by molar-refractivity contribution is 6.08. The molecule has 1 saturated heterocycles. The van der Waals surface area contributed by atoms with Gasteiger partial charge in [0.05, 0.1) is 29.8 Å². The topological polar surface area (TPSA) is 58.6 Å². The molecule has 0 spiro atoms. The third kappa shape index (κ3) is 5.22. The minimum absolute atomic E-state index is 0.00574. The first-order valence-corrected chi connectivity index (χ1v) is 11.5. The molecule has 1 N–H and O–H groups in total. The Kier molecular flexibility index (Phi) is 6.87. The van der Waals surface area contributed by atoms with E-state index >= 15 is 0 Å². The predicted molar refractivity (Wildman–Crippen MR) is 124 cm³/mol.